The summed E-state index contributed by atoms with van der Waals surface area (Å²) in [5.74, 6) is -0.522. The number of nitrogens with zero attached hydrogens (tertiary/aromatic N) is 5. The molecule has 10 nitrogen and oxygen atoms in total. The smallest absolute Gasteiger partial charge is 0.338 e. The first-order chi connectivity index (χ1) is 17.4. The number of pyridine rings is 2. The van der Waals surface area contributed by atoms with E-state index in [1.165, 1.54) is 22.5 Å². The van der Waals surface area contributed by atoms with Gasteiger partial charge in [-0.1, -0.05) is 19.1 Å². The summed E-state index contributed by atoms with van der Waals surface area (Å²) in [5.41, 5.74) is 1.46. The molecule has 0 saturated carbocycles. The number of hydrogen-bond acceptors (Lipinski definition) is 6. The van der Waals surface area contributed by atoms with E-state index in [0.29, 0.717) is 44.5 Å². The monoisotopic (exact) mass is 494 g/mol. The Morgan fingerprint density at radius 3 is 2.75 bits per heavy atom. The second-order valence-electron chi connectivity index (χ2n) is 9.37. The van der Waals surface area contributed by atoms with Gasteiger partial charge < -0.3 is 15.3 Å². The topological polar surface area (TPSA) is 119 Å². The second kappa shape index (κ2) is 10.9. The first-order valence-electron chi connectivity index (χ1n) is 12.6. The molecule has 3 amide bonds. The summed E-state index contributed by atoms with van der Waals surface area (Å²) in [6.07, 6.45) is 6.50. The largest absolute Gasteiger partial charge is 0.481 e. The molecule has 1 fully saturated rings. The average Bonchev–Trinajstić information content (AvgIpc) is 2.88. The van der Waals surface area contributed by atoms with Crippen LogP contribution in [0.15, 0.2) is 36.7 Å². The summed E-state index contributed by atoms with van der Waals surface area (Å²) in [6, 6.07) is 7.28. The minimum absolute atomic E-state index is 0.306. The minimum Gasteiger partial charge on any atom is -0.481 e. The molecule has 36 heavy (non-hydrogen) atoms. The standard InChI is InChI=1S/C26H34N6O4/c1-3-26(17-23(34)35,21-8-5-12-27-18-21)32(19(2)33)31-15-6-14-30(25(31)36)16-11-22-10-9-20-7-4-13-28-24(20)29-22/h5,8-10,12,18H,3-4,6-7,11,13-17H2,1-2H3,(H,28,29)(H,34,35)/t26-/m0/s1. The van der Waals surface area contributed by atoms with Crippen LogP contribution in [0.4, 0.5) is 10.6 Å². The van der Waals surface area contributed by atoms with Gasteiger partial charge in [0.1, 0.15) is 11.4 Å². The summed E-state index contributed by atoms with van der Waals surface area (Å²) in [4.78, 5) is 49.3. The highest BCUT2D eigenvalue weighted by Gasteiger charge is 2.47. The highest BCUT2D eigenvalue weighted by atomic mass is 16.4. The zero-order valence-corrected chi connectivity index (χ0v) is 20.9. The molecule has 0 spiro atoms. The van der Waals surface area contributed by atoms with Gasteiger partial charge in [-0.25, -0.2) is 19.8 Å². The Labute approximate surface area is 211 Å². The summed E-state index contributed by atoms with van der Waals surface area (Å²) in [6.45, 7) is 5.47. The number of amides is 3. The number of urea groups is 1. The SMILES string of the molecule is CC[C@](CC(=O)O)(c1cccnc1)N(C(C)=O)N1CCCN(CCc2ccc3c(n2)NCCC3)C1=O. The Hall–Kier alpha value is -3.69. The van der Waals surface area contributed by atoms with Crippen molar-refractivity contribution in [2.45, 2.75) is 57.9 Å². The molecule has 10 heteroatoms. The van der Waals surface area contributed by atoms with Crippen LogP contribution in [0.25, 0.3) is 0 Å². The molecule has 0 radical (unpaired) electrons. The van der Waals surface area contributed by atoms with Crippen LogP contribution >= 0.6 is 0 Å². The zero-order valence-electron chi connectivity index (χ0n) is 20.9. The molecule has 0 bridgehead atoms. The van der Waals surface area contributed by atoms with Crippen molar-refractivity contribution in [3.63, 3.8) is 0 Å². The maximum absolute atomic E-state index is 13.7. The Morgan fingerprint density at radius 1 is 1.22 bits per heavy atom. The predicted octanol–water partition coefficient (Wildman–Crippen LogP) is 3.05. The summed E-state index contributed by atoms with van der Waals surface area (Å²) in [5, 5.41) is 15.9. The third-order valence-corrected chi connectivity index (χ3v) is 7.05. The number of carboxylic acid groups (broad SMARTS) is 1. The van der Waals surface area contributed by atoms with Crippen molar-refractivity contribution in [1.82, 2.24) is 24.9 Å². The van der Waals surface area contributed by atoms with Gasteiger partial charge in [0.05, 0.1) is 6.42 Å². The molecule has 192 valence electrons. The molecule has 2 aromatic heterocycles. The van der Waals surface area contributed by atoms with Gasteiger partial charge in [0.2, 0.25) is 5.91 Å². The number of rotatable bonds is 9. The molecule has 2 N–H and O–H groups in total. The second-order valence-corrected chi connectivity index (χ2v) is 9.37. The van der Waals surface area contributed by atoms with E-state index in [-0.39, 0.29) is 18.4 Å². The molecule has 2 aliphatic rings. The fraction of sp³-hybridized carbons (Fsp3) is 0.500. The highest BCUT2D eigenvalue weighted by molar-refractivity contribution is 5.82. The Kier molecular flexibility index (Phi) is 7.71. The quantitative estimate of drug-likeness (QED) is 0.550. The molecular weight excluding hydrogens is 460 g/mol. The normalized spacial score (nSPS) is 17.1. The van der Waals surface area contributed by atoms with Crippen LogP contribution in [-0.4, -0.2) is 74.1 Å². The van der Waals surface area contributed by atoms with Crippen molar-refractivity contribution >= 4 is 23.7 Å². The fourth-order valence-electron chi connectivity index (χ4n) is 5.29. The average molecular weight is 495 g/mol. The summed E-state index contributed by atoms with van der Waals surface area (Å²) >= 11 is 0. The van der Waals surface area contributed by atoms with Crippen LogP contribution in [0.5, 0.6) is 0 Å². The number of carbonyl (C=O) groups excluding carboxylic acids is 2. The number of aryl methyl sites for hydroxylation is 1. The lowest BCUT2D eigenvalue weighted by molar-refractivity contribution is -0.167. The number of hydrazine groups is 1. The van der Waals surface area contributed by atoms with Crippen LogP contribution in [0.1, 0.15) is 56.4 Å². The molecule has 4 heterocycles. The zero-order chi connectivity index (χ0) is 25.7. The Morgan fingerprint density at radius 2 is 2.06 bits per heavy atom. The number of hydrogen-bond donors (Lipinski definition) is 2. The Bertz CT molecular complexity index is 1110. The van der Waals surface area contributed by atoms with Crippen LogP contribution in [-0.2, 0) is 28.0 Å². The van der Waals surface area contributed by atoms with Gasteiger partial charge in [0, 0.05) is 57.6 Å². The van der Waals surface area contributed by atoms with Gasteiger partial charge in [0.25, 0.3) is 0 Å². The lowest BCUT2D eigenvalue weighted by Crippen LogP contribution is -2.64. The highest BCUT2D eigenvalue weighted by Crippen LogP contribution is 2.38. The van der Waals surface area contributed by atoms with E-state index < -0.39 is 11.5 Å². The van der Waals surface area contributed by atoms with E-state index in [4.69, 9.17) is 4.98 Å². The lowest BCUT2D eigenvalue weighted by atomic mass is 9.84. The molecule has 4 rings (SSSR count). The number of carbonyl (C=O) groups is 3. The van der Waals surface area contributed by atoms with E-state index >= 15 is 0 Å². The predicted molar refractivity (Wildman–Crippen MR) is 134 cm³/mol. The molecule has 2 aliphatic heterocycles. The van der Waals surface area contributed by atoms with E-state index in [2.05, 4.69) is 16.4 Å². The molecule has 1 saturated heterocycles. The van der Waals surface area contributed by atoms with Crippen molar-refractivity contribution in [3.8, 4) is 0 Å². The number of carboxylic acids is 1. The Balaban J connectivity index is 1.58. The van der Waals surface area contributed by atoms with E-state index in [0.717, 1.165) is 30.9 Å². The molecule has 0 aliphatic carbocycles. The van der Waals surface area contributed by atoms with E-state index in [1.54, 1.807) is 29.4 Å². The van der Waals surface area contributed by atoms with Crippen LogP contribution in [0.3, 0.4) is 0 Å². The van der Waals surface area contributed by atoms with E-state index in [9.17, 15) is 19.5 Å². The van der Waals surface area contributed by atoms with Crippen molar-refractivity contribution in [2.75, 3.05) is 31.5 Å². The van der Waals surface area contributed by atoms with Gasteiger partial charge in [-0.15, -0.1) is 0 Å². The van der Waals surface area contributed by atoms with Crippen LogP contribution in [0, 0.1) is 0 Å². The van der Waals surface area contributed by atoms with Crippen LogP contribution in [0.2, 0.25) is 0 Å². The third kappa shape index (κ3) is 5.12. The van der Waals surface area contributed by atoms with Crippen molar-refractivity contribution in [2.24, 2.45) is 0 Å². The van der Waals surface area contributed by atoms with Crippen LogP contribution < -0.4 is 5.32 Å². The number of anilines is 1. The minimum atomic E-state index is -1.24. The lowest BCUT2D eigenvalue weighted by Gasteiger charge is -2.50. The molecule has 2 aromatic rings. The van der Waals surface area contributed by atoms with Crippen molar-refractivity contribution in [1.29, 1.82) is 0 Å². The van der Waals surface area contributed by atoms with Crippen molar-refractivity contribution < 1.29 is 19.5 Å². The van der Waals surface area contributed by atoms with Gasteiger partial charge in [-0.05, 0) is 48.9 Å². The van der Waals surface area contributed by atoms with Gasteiger partial charge >= 0.3 is 12.0 Å². The third-order valence-electron chi connectivity index (χ3n) is 7.05. The molecule has 1 atom stereocenters. The summed E-state index contributed by atoms with van der Waals surface area (Å²) < 4.78 is 0. The first kappa shape index (κ1) is 25.4. The number of aliphatic carboxylic acids is 1. The van der Waals surface area contributed by atoms with Gasteiger partial charge in [-0.3, -0.25) is 14.6 Å². The summed E-state index contributed by atoms with van der Waals surface area (Å²) in [7, 11) is 0. The maximum Gasteiger partial charge on any atom is 0.338 e. The first-order valence-corrected chi connectivity index (χ1v) is 12.6. The number of nitrogens with one attached hydrogen (secondary N) is 1. The number of aromatic nitrogens is 2. The van der Waals surface area contributed by atoms with Crippen molar-refractivity contribution in [3.05, 3.63) is 53.5 Å². The van der Waals surface area contributed by atoms with E-state index in [1.807, 2.05) is 13.0 Å². The van der Waals surface area contributed by atoms with Gasteiger partial charge in [-0.2, -0.15) is 0 Å². The molecule has 0 unspecified atom stereocenters. The van der Waals surface area contributed by atoms with Gasteiger partial charge in [0.15, 0.2) is 0 Å². The maximum atomic E-state index is 13.7. The molecular formula is C26H34N6O4. The number of fused-ring (bicyclic) bond motifs is 1. The fourth-order valence-corrected chi connectivity index (χ4v) is 5.29. The molecule has 0 aromatic carbocycles.